The number of pyridine rings is 1. The maximum absolute atomic E-state index is 6.70. The summed E-state index contributed by atoms with van der Waals surface area (Å²) in [6.45, 7) is 13.4. The predicted octanol–water partition coefficient (Wildman–Crippen LogP) is 8.21. The Morgan fingerprint density at radius 3 is 2.26 bits per heavy atom. The van der Waals surface area contributed by atoms with Crippen molar-refractivity contribution >= 4 is 56.5 Å². The Bertz CT molecular complexity index is 2750. The number of rotatable bonds is 5. The Kier molecular flexibility index (Phi) is 7.82. The summed E-state index contributed by atoms with van der Waals surface area (Å²) >= 11 is 0. The molecule has 0 fully saturated rings. The fraction of sp³-hybridized carbons (Fsp3) is 0.191. The fourth-order valence-electron chi connectivity index (χ4n) is 8.67. The monoisotopic (exact) mass is 705 g/mol. The van der Waals surface area contributed by atoms with Crippen molar-refractivity contribution in [1.82, 2.24) is 14.1 Å². The van der Waals surface area contributed by atoms with Gasteiger partial charge in [-0.25, -0.2) is 4.98 Å². The van der Waals surface area contributed by atoms with E-state index >= 15 is 0 Å². The molecule has 0 spiro atoms. The second kappa shape index (κ2) is 12.5. The standard InChI is InChI=1S/C47H44BN5O/c1-30-24-31(2)44(32(3)25-30)48-39-17-10-12-19-41(39)51(8)46-45(48)50(7)29-52(46)34-14-13-15-35(27-34)54-36-20-21-38-37-16-9-11-18-40(37)53(42(38)28-36)43-26-33(22-23-49-43)47(4,5)6/h9-28H,1-8H3. The number of para-hydroxylation sites is 2. The SMILES string of the molecule is Cc1cc(C)c(B2c3ccccc3N(C)c3c2[n+](C)[c-]n3-c2cccc(Oc3ccc4c5ccccc5n(-c5cc(C(C)(C)C)ccn5)c4c3)c2)c(C)c1. The molecule has 266 valence electrons. The first-order chi connectivity index (χ1) is 26.0. The van der Waals surface area contributed by atoms with E-state index in [2.05, 4.69) is 190 Å². The Morgan fingerprint density at radius 2 is 1.46 bits per heavy atom. The molecule has 0 aliphatic carbocycles. The van der Waals surface area contributed by atoms with Gasteiger partial charge in [0.25, 0.3) is 0 Å². The lowest BCUT2D eigenvalue weighted by Gasteiger charge is -2.36. The van der Waals surface area contributed by atoms with Gasteiger partial charge in [0, 0.05) is 41.4 Å². The third kappa shape index (κ3) is 5.41. The second-order valence-electron chi connectivity index (χ2n) is 15.9. The molecule has 0 bridgehead atoms. The number of ether oxygens (including phenoxy) is 1. The molecule has 9 rings (SSSR count). The van der Waals surface area contributed by atoms with Crippen molar-refractivity contribution in [3.63, 3.8) is 0 Å². The van der Waals surface area contributed by atoms with Gasteiger partial charge in [0.15, 0.2) is 0 Å². The number of anilines is 2. The molecule has 5 aromatic carbocycles. The summed E-state index contributed by atoms with van der Waals surface area (Å²) < 4.78 is 13.3. The number of imidazole rings is 1. The van der Waals surface area contributed by atoms with Gasteiger partial charge in [-0.1, -0.05) is 109 Å². The number of benzene rings is 5. The minimum absolute atomic E-state index is 0.000834. The number of hydrogen-bond acceptors (Lipinski definition) is 3. The van der Waals surface area contributed by atoms with Crippen LogP contribution in [0.4, 0.5) is 11.5 Å². The van der Waals surface area contributed by atoms with E-state index in [4.69, 9.17) is 9.72 Å². The van der Waals surface area contributed by atoms with Gasteiger partial charge in [0.05, 0.1) is 23.8 Å². The highest BCUT2D eigenvalue weighted by Gasteiger charge is 2.38. The molecule has 54 heavy (non-hydrogen) atoms. The maximum Gasteiger partial charge on any atom is 0.244 e. The predicted molar refractivity (Wildman–Crippen MR) is 223 cm³/mol. The Hall–Kier alpha value is -6.08. The molecule has 0 N–H and O–H groups in total. The van der Waals surface area contributed by atoms with Crippen LogP contribution in [0.25, 0.3) is 33.3 Å². The van der Waals surface area contributed by atoms with Crippen LogP contribution in [0.5, 0.6) is 11.5 Å². The molecular formula is C47H44BN5O. The van der Waals surface area contributed by atoms with E-state index in [1.165, 1.54) is 49.8 Å². The molecule has 0 atom stereocenters. The summed E-state index contributed by atoms with van der Waals surface area (Å²) in [5, 5.41) is 2.34. The molecule has 1 aliphatic heterocycles. The molecule has 8 aromatic rings. The summed E-state index contributed by atoms with van der Waals surface area (Å²) in [5.74, 6) is 3.50. The van der Waals surface area contributed by atoms with Crippen LogP contribution in [0.2, 0.25) is 0 Å². The van der Waals surface area contributed by atoms with E-state index in [0.717, 1.165) is 45.2 Å². The Morgan fingerprint density at radius 1 is 0.741 bits per heavy atom. The molecule has 0 amide bonds. The van der Waals surface area contributed by atoms with Crippen molar-refractivity contribution in [3.05, 3.63) is 150 Å². The molecule has 4 heterocycles. The first kappa shape index (κ1) is 33.7. The van der Waals surface area contributed by atoms with Crippen molar-refractivity contribution in [2.24, 2.45) is 7.05 Å². The van der Waals surface area contributed by atoms with Crippen molar-refractivity contribution in [1.29, 1.82) is 0 Å². The number of fused-ring (bicyclic) bond motifs is 5. The molecule has 7 heteroatoms. The zero-order chi connectivity index (χ0) is 37.5. The summed E-state index contributed by atoms with van der Waals surface area (Å²) in [4.78, 5) is 7.16. The Labute approximate surface area is 318 Å². The van der Waals surface area contributed by atoms with Gasteiger partial charge in [-0.2, -0.15) is 0 Å². The van der Waals surface area contributed by atoms with E-state index in [9.17, 15) is 0 Å². The van der Waals surface area contributed by atoms with Gasteiger partial charge >= 0.3 is 0 Å². The van der Waals surface area contributed by atoms with Crippen molar-refractivity contribution in [2.75, 3.05) is 11.9 Å². The number of aromatic nitrogens is 4. The van der Waals surface area contributed by atoms with Crippen LogP contribution in [0.15, 0.2) is 121 Å². The summed E-state index contributed by atoms with van der Waals surface area (Å²) in [6.07, 6.45) is 5.60. The summed E-state index contributed by atoms with van der Waals surface area (Å²) in [6, 6.07) is 40.9. The first-order valence-electron chi connectivity index (χ1n) is 18.7. The van der Waals surface area contributed by atoms with Gasteiger partial charge in [-0.05, 0) is 80.3 Å². The van der Waals surface area contributed by atoms with Gasteiger partial charge in [-0.3, -0.25) is 4.57 Å². The third-order valence-electron chi connectivity index (χ3n) is 11.1. The quantitative estimate of drug-likeness (QED) is 0.103. The molecular weight excluding hydrogens is 661 g/mol. The van der Waals surface area contributed by atoms with E-state index in [1.807, 2.05) is 12.3 Å². The maximum atomic E-state index is 6.70. The van der Waals surface area contributed by atoms with Crippen LogP contribution in [0.1, 0.15) is 43.0 Å². The highest BCUT2D eigenvalue weighted by Crippen LogP contribution is 2.36. The molecule has 6 nitrogen and oxygen atoms in total. The molecule has 1 aliphatic rings. The largest absolute Gasteiger partial charge is 0.458 e. The number of nitrogens with zero attached hydrogens (tertiary/aromatic N) is 5. The molecule has 0 radical (unpaired) electrons. The van der Waals surface area contributed by atoms with E-state index in [0.29, 0.717) is 0 Å². The first-order valence-corrected chi connectivity index (χ1v) is 18.7. The normalized spacial score (nSPS) is 12.7. The summed E-state index contributed by atoms with van der Waals surface area (Å²) in [7, 11) is 4.28. The highest BCUT2D eigenvalue weighted by atomic mass is 16.5. The number of hydrogen-bond donors (Lipinski definition) is 0. The van der Waals surface area contributed by atoms with E-state index in [1.54, 1.807) is 0 Å². The van der Waals surface area contributed by atoms with Gasteiger partial charge in [0.2, 0.25) is 13.0 Å². The molecule has 0 saturated carbocycles. The van der Waals surface area contributed by atoms with Crippen LogP contribution >= 0.6 is 0 Å². The van der Waals surface area contributed by atoms with Gasteiger partial charge in [0.1, 0.15) is 23.1 Å². The Balaban J connectivity index is 1.14. The molecule has 0 unspecified atom stereocenters. The lowest BCUT2D eigenvalue weighted by Crippen LogP contribution is -2.67. The second-order valence-corrected chi connectivity index (χ2v) is 15.9. The van der Waals surface area contributed by atoms with Gasteiger partial charge in [-0.15, -0.1) is 0 Å². The van der Waals surface area contributed by atoms with Gasteiger partial charge < -0.3 is 18.8 Å². The summed E-state index contributed by atoms with van der Waals surface area (Å²) in [5.41, 5.74) is 13.3. The average Bonchev–Trinajstić information content (AvgIpc) is 3.67. The van der Waals surface area contributed by atoms with Crippen molar-refractivity contribution < 1.29 is 9.30 Å². The lowest BCUT2D eigenvalue weighted by molar-refractivity contribution is -0.657. The topological polar surface area (TPSA) is 39.1 Å². The minimum atomic E-state index is 0.000834. The third-order valence-corrected chi connectivity index (χ3v) is 11.1. The highest BCUT2D eigenvalue weighted by molar-refractivity contribution is 6.97. The van der Waals surface area contributed by atoms with Crippen LogP contribution in [-0.2, 0) is 12.5 Å². The average molecular weight is 706 g/mol. The molecule has 3 aromatic heterocycles. The zero-order valence-electron chi connectivity index (χ0n) is 32.3. The minimum Gasteiger partial charge on any atom is -0.458 e. The van der Waals surface area contributed by atoms with E-state index in [-0.39, 0.29) is 12.1 Å². The van der Waals surface area contributed by atoms with Crippen molar-refractivity contribution in [2.45, 2.75) is 47.0 Å². The number of aryl methyl sites for hydroxylation is 4. The zero-order valence-corrected chi connectivity index (χ0v) is 32.3. The van der Waals surface area contributed by atoms with Crippen LogP contribution in [0, 0.1) is 27.1 Å². The van der Waals surface area contributed by atoms with Crippen LogP contribution in [-0.4, -0.2) is 27.9 Å². The van der Waals surface area contributed by atoms with E-state index < -0.39 is 0 Å². The smallest absolute Gasteiger partial charge is 0.244 e. The fourth-order valence-corrected chi connectivity index (χ4v) is 8.67. The van der Waals surface area contributed by atoms with Crippen LogP contribution < -0.4 is 30.7 Å². The van der Waals surface area contributed by atoms with Crippen LogP contribution in [0.3, 0.4) is 0 Å². The lowest BCUT2D eigenvalue weighted by atomic mass is 9.35. The molecule has 0 saturated heterocycles. The van der Waals surface area contributed by atoms with Crippen molar-refractivity contribution in [3.8, 4) is 23.0 Å².